The molecule has 0 bridgehead atoms. The number of nitrogens with zero attached hydrogens (tertiary/aromatic N) is 3. The Morgan fingerprint density at radius 1 is 1.18 bits per heavy atom. The van der Waals surface area contributed by atoms with Crippen molar-refractivity contribution in [2.45, 2.75) is 17.7 Å². The predicted molar refractivity (Wildman–Crippen MR) is 112 cm³/mol. The van der Waals surface area contributed by atoms with E-state index in [1.165, 1.54) is 0 Å². The van der Waals surface area contributed by atoms with E-state index >= 15 is 0 Å². The summed E-state index contributed by atoms with van der Waals surface area (Å²) in [5.74, 6) is 1.47. The molecule has 6 nitrogen and oxygen atoms in total. The molecule has 0 saturated carbocycles. The summed E-state index contributed by atoms with van der Waals surface area (Å²) in [7, 11) is 0. The van der Waals surface area contributed by atoms with Crippen LogP contribution in [0.3, 0.4) is 0 Å². The molecule has 1 fully saturated rings. The first kappa shape index (κ1) is 18.6. The Kier molecular flexibility index (Phi) is 5.62. The molecule has 0 unspecified atom stereocenters. The number of benzene rings is 1. The number of rotatable bonds is 5. The fraction of sp³-hybridized carbons (Fsp3) is 0.286. The normalized spacial score (nSPS) is 16.8. The zero-order valence-electron chi connectivity index (χ0n) is 15.7. The molecular formula is C21H22N4O2S. The fourth-order valence-corrected chi connectivity index (χ4v) is 3.99. The highest BCUT2D eigenvalue weighted by molar-refractivity contribution is 7.98. The van der Waals surface area contributed by atoms with Crippen LogP contribution in [0.4, 0.5) is 11.5 Å². The van der Waals surface area contributed by atoms with Crippen molar-refractivity contribution in [3.63, 3.8) is 0 Å². The number of thioether (sulfide) groups is 1. The summed E-state index contributed by atoms with van der Waals surface area (Å²) in [6, 6.07) is 15.4. The van der Waals surface area contributed by atoms with E-state index in [0.29, 0.717) is 18.0 Å². The lowest BCUT2D eigenvalue weighted by Gasteiger charge is -2.32. The van der Waals surface area contributed by atoms with E-state index in [1.54, 1.807) is 18.0 Å². The van der Waals surface area contributed by atoms with E-state index < -0.39 is 0 Å². The SMILES string of the molecule is CSc1ccccc1NC(=O)[C@H]1CCCN(c2ccc(-c3ccco3)nn2)C1. The number of hydrogen-bond donors (Lipinski definition) is 1. The highest BCUT2D eigenvalue weighted by atomic mass is 32.2. The van der Waals surface area contributed by atoms with Crippen molar-refractivity contribution in [3.8, 4) is 11.5 Å². The summed E-state index contributed by atoms with van der Waals surface area (Å²) in [5.41, 5.74) is 1.58. The predicted octanol–water partition coefficient (Wildman–Crippen LogP) is 4.31. The minimum atomic E-state index is -0.0739. The Morgan fingerprint density at radius 2 is 2.07 bits per heavy atom. The zero-order valence-corrected chi connectivity index (χ0v) is 16.5. The number of nitrogens with one attached hydrogen (secondary N) is 1. The Hall–Kier alpha value is -2.80. The standard InChI is InChI=1S/C21H22N4O2S/c1-28-19-9-3-2-7-17(19)22-21(26)15-6-4-12-25(14-15)20-11-10-16(23-24-20)18-8-5-13-27-18/h2-3,5,7-11,13,15H,4,6,12,14H2,1H3,(H,22,26)/t15-/m0/s1. The monoisotopic (exact) mass is 394 g/mol. The molecule has 1 saturated heterocycles. The van der Waals surface area contributed by atoms with Crippen LogP contribution < -0.4 is 10.2 Å². The fourth-order valence-electron chi connectivity index (χ4n) is 3.43. The molecule has 28 heavy (non-hydrogen) atoms. The Balaban J connectivity index is 1.43. The molecule has 1 atom stereocenters. The molecule has 1 N–H and O–H groups in total. The van der Waals surface area contributed by atoms with Crippen molar-refractivity contribution in [1.29, 1.82) is 0 Å². The van der Waals surface area contributed by atoms with E-state index in [9.17, 15) is 4.79 Å². The smallest absolute Gasteiger partial charge is 0.229 e. The molecule has 0 spiro atoms. The van der Waals surface area contributed by atoms with Gasteiger partial charge in [-0.1, -0.05) is 12.1 Å². The van der Waals surface area contributed by atoms with Crippen LogP contribution in [0.25, 0.3) is 11.5 Å². The van der Waals surface area contributed by atoms with Crippen molar-refractivity contribution in [1.82, 2.24) is 10.2 Å². The number of carbonyl (C=O) groups excluding carboxylic acids is 1. The van der Waals surface area contributed by atoms with Gasteiger partial charge in [-0.05, 0) is 55.5 Å². The van der Waals surface area contributed by atoms with Crippen molar-refractivity contribution < 1.29 is 9.21 Å². The summed E-state index contributed by atoms with van der Waals surface area (Å²) in [6.07, 6.45) is 5.46. The maximum absolute atomic E-state index is 12.8. The van der Waals surface area contributed by atoms with Crippen LogP contribution in [0.2, 0.25) is 0 Å². The summed E-state index contributed by atoms with van der Waals surface area (Å²) in [5, 5.41) is 11.7. The third-order valence-corrected chi connectivity index (χ3v) is 5.70. The van der Waals surface area contributed by atoms with Crippen LogP contribution in [0.5, 0.6) is 0 Å². The summed E-state index contributed by atoms with van der Waals surface area (Å²) in [4.78, 5) is 16.0. The molecule has 4 rings (SSSR count). The summed E-state index contributed by atoms with van der Waals surface area (Å²) in [6.45, 7) is 1.52. The number of piperidine rings is 1. The average molecular weight is 395 g/mol. The van der Waals surface area contributed by atoms with Gasteiger partial charge >= 0.3 is 0 Å². The molecule has 1 aromatic carbocycles. The molecule has 1 amide bonds. The van der Waals surface area contributed by atoms with E-state index in [-0.39, 0.29) is 11.8 Å². The first-order valence-corrected chi connectivity index (χ1v) is 10.5. The summed E-state index contributed by atoms with van der Waals surface area (Å²) < 4.78 is 5.36. The second-order valence-corrected chi connectivity index (χ2v) is 7.58. The zero-order chi connectivity index (χ0) is 19.3. The van der Waals surface area contributed by atoms with E-state index in [1.807, 2.05) is 54.8 Å². The second kappa shape index (κ2) is 8.48. The molecule has 3 aromatic rings. The van der Waals surface area contributed by atoms with Gasteiger partial charge in [-0.2, -0.15) is 0 Å². The summed E-state index contributed by atoms with van der Waals surface area (Å²) >= 11 is 1.63. The van der Waals surface area contributed by atoms with Gasteiger partial charge in [0.05, 0.1) is 17.9 Å². The highest BCUT2D eigenvalue weighted by Crippen LogP contribution is 2.27. The Morgan fingerprint density at radius 3 is 2.82 bits per heavy atom. The largest absolute Gasteiger partial charge is 0.463 e. The maximum atomic E-state index is 12.8. The van der Waals surface area contributed by atoms with Crippen LogP contribution in [-0.4, -0.2) is 35.4 Å². The second-order valence-electron chi connectivity index (χ2n) is 6.73. The van der Waals surface area contributed by atoms with Crippen LogP contribution in [0.15, 0.2) is 64.1 Å². The minimum Gasteiger partial charge on any atom is -0.463 e. The van der Waals surface area contributed by atoms with Gasteiger partial charge in [0, 0.05) is 18.0 Å². The van der Waals surface area contributed by atoms with Crippen molar-refractivity contribution in [2.75, 3.05) is 29.6 Å². The molecule has 2 aromatic heterocycles. The molecule has 144 valence electrons. The lowest BCUT2D eigenvalue weighted by atomic mass is 9.97. The third kappa shape index (κ3) is 4.04. The van der Waals surface area contributed by atoms with Gasteiger partial charge < -0.3 is 14.6 Å². The Bertz CT molecular complexity index is 928. The maximum Gasteiger partial charge on any atom is 0.229 e. The molecular weight excluding hydrogens is 372 g/mol. The van der Waals surface area contributed by atoms with E-state index in [2.05, 4.69) is 20.4 Å². The number of aromatic nitrogens is 2. The quantitative estimate of drug-likeness (QED) is 0.650. The minimum absolute atomic E-state index is 0.0614. The van der Waals surface area contributed by atoms with Crippen LogP contribution in [0, 0.1) is 5.92 Å². The van der Waals surface area contributed by atoms with Crippen molar-refractivity contribution in [3.05, 3.63) is 54.8 Å². The van der Waals surface area contributed by atoms with Crippen LogP contribution >= 0.6 is 11.8 Å². The van der Waals surface area contributed by atoms with Gasteiger partial charge in [0.2, 0.25) is 5.91 Å². The number of furan rings is 1. The Labute approximate surface area is 168 Å². The van der Waals surface area contributed by atoms with Crippen molar-refractivity contribution >= 4 is 29.2 Å². The first-order valence-electron chi connectivity index (χ1n) is 9.31. The molecule has 1 aliphatic rings. The van der Waals surface area contributed by atoms with Crippen LogP contribution in [0.1, 0.15) is 12.8 Å². The van der Waals surface area contributed by atoms with Gasteiger partial charge in [-0.15, -0.1) is 22.0 Å². The van der Waals surface area contributed by atoms with Gasteiger partial charge in [0.1, 0.15) is 5.69 Å². The molecule has 7 heteroatoms. The molecule has 1 aliphatic heterocycles. The molecule has 0 radical (unpaired) electrons. The first-order chi connectivity index (χ1) is 13.7. The molecule has 0 aliphatic carbocycles. The van der Waals surface area contributed by atoms with Crippen LogP contribution in [-0.2, 0) is 4.79 Å². The van der Waals surface area contributed by atoms with E-state index in [4.69, 9.17) is 4.42 Å². The molecule has 3 heterocycles. The van der Waals surface area contributed by atoms with Gasteiger partial charge in [0.15, 0.2) is 11.6 Å². The third-order valence-electron chi connectivity index (χ3n) is 4.91. The lowest BCUT2D eigenvalue weighted by Crippen LogP contribution is -2.41. The van der Waals surface area contributed by atoms with Crippen molar-refractivity contribution in [2.24, 2.45) is 5.92 Å². The number of anilines is 2. The van der Waals surface area contributed by atoms with Gasteiger partial charge in [0.25, 0.3) is 0 Å². The number of para-hydroxylation sites is 1. The number of hydrogen-bond acceptors (Lipinski definition) is 6. The topological polar surface area (TPSA) is 71.3 Å². The number of amides is 1. The van der Waals surface area contributed by atoms with Gasteiger partial charge in [-0.25, -0.2) is 0 Å². The lowest BCUT2D eigenvalue weighted by molar-refractivity contribution is -0.120. The van der Waals surface area contributed by atoms with Gasteiger partial charge in [-0.3, -0.25) is 4.79 Å². The average Bonchev–Trinajstić information content (AvgIpc) is 3.29. The highest BCUT2D eigenvalue weighted by Gasteiger charge is 2.27. The number of carbonyl (C=O) groups is 1. The van der Waals surface area contributed by atoms with E-state index in [0.717, 1.165) is 35.8 Å².